The number of thiazole rings is 1. The Morgan fingerprint density at radius 1 is 0.889 bits per heavy atom. The number of carbonyl (C=O) groups excluding carboxylic acids is 2. The first-order valence-corrected chi connectivity index (χ1v) is 12.8. The van der Waals surface area contributed by atoms with Crippen LogP contribution in [0.3, 0.4) is 0 Å². The van der Waals surface area contributed by atoms with Crippen molar-refractivity contribution in [3.05, 3.63) is 107 Å². The zero-order valence-corrected chi connectivity index (χ0v) is 20.4. The van der Waals surface area contributed by atoms with E-state index in [2.05, 4.69) is 9.71 Å². The molecule has 0 unspecified atom stereocenters. The minimum Gasteiger partial charge on any atom is -0.478 e. The maximum Gasteiger partial charge on any atom is 0.336 e. The van der Waals surface area contributed by atoms with Gasteiger partial charge in [-0.2, -0.15) is 8.42 Å². The summed E-state index contributed by atoms with van der Waals surface area (Å²) in [6.45, 7) is 0. The van der Waals surface area contributed by atoms with E-state index in [-0.39, 0.29) is 26.9 Å². The third-order valence-corrected chi connectivity index (χ3v) is 7.83. The van der Waals surface area contributed by atoms with E-state index in [4.69, 9.17) is 0 Å². The molecule has 2 N–H and O–H groups in total. The number of rotatable bonds is 8. The monoisotopic (exact) mass is 521 g/mol. The van der Waals surface area contributed by atoms with Crippen LogP contribution in [0.1, 0.15) is 36.6 Å². The van der Waals surface area contributed by atoms with Crippen molar-refractivity contribution in [3.63, 3.8) is 0 Å². The molecule has 0 atom stereocenters. The molecule has 0 saturated carbocycles. The van der Waals surface area contributed by atoms with Crippen LogP contribution in [0.5, 0.6) is 0 Å². The molecule has 3 aromatic carbocycles. The number of aromatic nitrogens is 1. The summed E-state index contributed by atoms with van der Waals surface area (Å²) in [4.78, 5) is 42.4. The second kappa shape index (κ2) is 10.1. The van der Waals surface area contributed by atoms with Crippen LogP contribution in [0.2, 0.25) is 0 Å². The average molecular weight is 522 g/mol. The fourth-order valence-corrected chi connectivity index (χ4v) is 5.28. The number of carboxylic acid groups (broad SMARTS) is 1. The second-order valence-electron chi connectivity index (χ2n) is 7.57. The summed E-state index contributed by atoms with van der Waals surface area (Å²) in [6, 6.07) is 18.1. The minimum absolute atomic E-state index is 0.0488. The third kappa shape index (κ3) is 5.16. The lowest BCUT2D eigenvalue weighted by Gasteiger charge is -2.18. The maximum absolute atomic E-state index is 13.0. The largest absolute Gasteiger partial charge is 0.478 e. The van der Waals surface area contributed by atoms with Gasteiger partial charge in [-0.1, -0.05) is 30.3 Å². The molecule has 0 radical (unpaired) electrons. The topological polar surface area (TPSA) is 134 Å². The van der Waals surface area contributed by atoms with Gasteiger partial charge in [-0.25, -0.2) is 9.78 Å². The highest BCUT2D eigenvalue weighted by Crippen LogP contribution is 2.23. The molecule has 0 aliphatic heterocycles. The van der Waals surface area contributed by atoms with Gasteiger partial charge in [-0.15, -0.1) is 11.3 Å². The number of sulfonamides is 1. The van der Waals surface area contributed by atoms with Crippen molar-refractivity contribution in [2.75, 3.05) is 16.7 Å². The van der Waals surface area contributed by atoms with Gasteiger partial charge in [0.05, 0.1) is 5.56 Å². The Bertz CT molecular complexity index is 1530. The molecule has 9 nitrogen and oxygen atoms in total. The third-order valence-electron chi connectivity index (χ3n) is 5.25. The second-order valence-corrected chi connectivity index (χ2v) is 10.3. The lowest BCUT2D eigenvalue weighted by molar-refractivity contribution is 0.0692. The first kappa shape index (κ1) is 24.8. The van der Waals surface area contributed by atoms with Crippen LogP contribution in [0.15, 0.2) is 88.7 Å². The van der Waals surface area contributed by atoms with E-state index in [0.717, 1.165) is 11.3 Å². The summed E-state index contributed by atoms with van der Waals surface area (Å²) >= 11 is 1.00. The average Bonchev–Trinajstić information content (AvgIpc) is 3.44. The Kier molecular flexibility index (Phi) is 6.95. The molecule has 182 valence electrons. The quantitative estimate of drug-likeness (QED) is 0.333. The molecule has 0 spiro atoms. The van der Waals surface area contributed by atoms with Crippen molar-refractivity contribution in [2.45, 2.75) is 4.34 Å². The Balaban J connectivity index is 1.47. The lowest BCUT2D eigenvalue weighted by Crippen LogP contribution is -2.26. The van der Waals surface area contributed by atoms with Crippen LogP contribution in [0, 0.1) is 0 Å². The smallest absolute Gasteiger partial charge is 0.336 e. The standard InChI is InChI=1S/C25H19N3O6S2/c1-28(19-12-10-18(11-13-19)27-36(33,34)25-26-14-15-35-25)23(30)17-8-6-16(7-9-17)22(29)20-4-2-3-5-21(20)24(31)32/h2-15,27H,1H3,(H,31,32). The summed E-state index contributed by atoms with van der Waals surface area (Å²) in [7, 11) is -2.22. The van der Waals surface area contributed by atoms with Gasteiger partial charge >= 0.3 is 5.97 Å². The van der Waals surface area contributed by atoms with Crippen LogP contribution in [-0.4, -0.2) is 43.2 Å². The molecule has 4 rings (SSSR count). The number of anilines is 2. The van der Waals surface area contributed by atoms with Gasteiger partial charge in [0.25, 0.3) is 15.9 Å². The highest BCUT2D eigenvalue weighted by Gasteiger charge is 2.20. The Hall–Kier alpha value is -4.35. The Labute approximate surface area is 210 Å². The van der Waals surface area contributed by atoms with E-state index in [9.17, 15) is 27.9 Å². The van der Waals surface area contributed by atoms with Gasteiger partial charge < -0.3 is 10.0 Å². The molecule has 1 aromatic heterocycles. The summed E-state index contributed by atoms with van der Waals surface area (Å²) in [5.74, 6) is -2.01. The number of nitrogens with zero attached hydrogens (tertiary/aromatic N) is 2. The van der Waals surface area contributed by atoms with Gasteiger partial charge in [0.2, 0.25) is 4.34 Å². The molecule has 0 fully saturated rings. The Morgan fingerprint density at radius 2 is 1.50 bits per heavy atom. The number of hydrogen-bond acceptors (Lipinski definition) is 7. The van der Waals surface area contributed by atoms with Crippen molar-refractivity contribution in [3.8, 4) is 0 Å². The number of benzene rings is 3. The SMILES string of the molecule is CN(C(=O)c1ccc(C(=O)c2ccccc2C(=O)O)cc1)c1ccc(NS(=O)(=O)c2nccs2)cc1. The first-order valence-electron chi connectivity index (χ1n) is 10.4. The zero-order chi connectivity index (χ0) is 25.9. The predicted octanol–water partition coefficient (Wildman–Crippen LogP) is 4.15. The van der Waals surface area contributed by atoms with Crippen molar-refractivity contribution < 1.29 is 27.9 Å². The van der Waals surface area contributed by atoms with Crippen molar-refractivity contribution >= 4 is 50.4 Å². The van der Waals surface area contributed by atoms with Crippen molar-refractivity contribution in [1.29, 1.82) is 0 Å². The van der Waals surface area contributed by atoms with Gasteiger partial charge in [0, 0.05) is 46.7 Å². The fraction of sp³-hybridized carbons (Fsp3) is 0.0400. The molecular formula is C25H19N3O6S2. The number of carboxylic acids is 1. The van der Waals surface area contributed by atoms with Gasteiger partial charge in [0.15, 0.2) is 5.78 Å². The van der Waals surface area contributed by atoms with Crippen LogP contribution in [0.4, 0.5) is 11.4 Å². The predicted molar refractivity (Wildman–Crippen MR) is 135 cm³/mol. The first-order chi connectivity index (χ1) is 17.2. The molecule has 11 heteroatoms. The molecule has 0 bridgehead atoms. The normalized spacial score (nSPS) is 11.0. The zero-order valence-electron chi connectivity index (χ0n) is 18.8. The van der Waals surface area contributed by atoms with E-state index >= 15 is 0 Å². The van der Waals surface area contributed by atoms with Crippen molar-refractivity contribution in [2.24, 2.45) is 0 Å². The minimum atomic E-state index is -3.78. The molecule has 1 amide bonds. The number of ketones is 1. The molecule has 0 aliphatic rings. The summed E-state index contributed by atoms with van der Waals surface area (Å²) in [6.07, 6.45) is 1.40. The molecule has 36 heavy (non-hydrogen) atoms. The number of carbonyl (C=O) groups is 3. The summed E-state index contributed by atoms with van der Waals surface area (Å²) in [5, 5.41) is 10.9. The highest BCUT2D eigenvalue weighted by atomic mass is 32.2. The van der Waals surface area contributed by atoms with E-state index in [1.54, 1.807) is 36.7 Å². The van der Waals surface area contributed by atoms with Crippen molar-refractivity contribution in [1.82, 2.24) is 4.98 Å². The number of amides is 1. The fourth-order valence-electron chi connectivity index (χ4n) is 3.39. The van der Waals surface area contributed by atoms with Gasteiger partial charge in [-0.3, -0.25) is 14.3 Å². The highest BCUT2D eigenvalue weighted by molar-refractivity contribution is 7.94. The van der Waals surface area contributed by atoms with E-state index in [1.165, 1.54) is 59.6 Å². The number of aromatic carboxylic acids is 1. The summed E-state index contributed by atoms with van der Waals surface area (Å²) in [5.41, 5.74) is 1.37. The molecule has 0 aliphatic carbocycles. The molecule has 1 heterocycles. The molecular weight excluding hydrogens is 502 g/mol. The van der Waals surface area contributed by atoms with E-state index in [1.807, 2.05) is 0 Å². The number of hydrogen-bond donors (Lipinski definition) is 2. The van der Waals surface area contributed by atoms with Crippen LogP contribution in [-0.2, 0) is 10.0 Å². The Morgan fingerprint density at radius 3 is 2.08 bits per heavy atom. The van der Waals surface area contributed by atoms with Crippen LogP contribution < -0.4 is 9.62 Å². The maximum atomic E-state index is 13.0. The van der Waals surface area contributed by atoms with Gasteiger partial charge in [-0.05, 0) is 42.5 Å². The summed E-state index contributed by atoms with van der Waals surface area (Å²) < 4.78 is 27.0. The van der Waals surface area contributed by atoms with E-state index in [0.29, 0.717) is 16.9 Å². The van der Waals surface area contributed by atoms with Crippen LogP contribution >= 0.6 is 11.3 Å². The number of nitrogens with one attached hydrogen (secondary N) is 1. The molecule has 4 aromatic rings. The van der Waals surface area contributed by atoms with Gasteiger partial charge in [0.1, 0.15) is 0 Å². The molecule has 0 saturated heterocycles. The van der Waals surface area contributed by atoms with E-state index < -0.39 is 21.8 Å². The lowest BCUT2D eigenvalue weighted by atomic mass is 9.97. The van der Waals surface area contributed by atoms with Crippen LogP contribution in [0.25, 0.3) is 0 Å².